The molecule has 0 aromatic carbocycles. The van der Waals surface area contributed by atoms with E-state index in [1.165, 1.54) is 6.33 Å². The SMILES string of the molecule is O=C(NCC1CCCC(O)C1)c1nc[nH]c1C(=O)O. The second-order valence-electron chi connectivity index (χ2n) is 4.83. The first-order valence-electron chi connectivity index (χ1n) is 6.31. The van der Waals surface area contributed by atoms with Crippen molar-refractivity contribution in [1.29, 1.82) is 0 Å². The molecule has 2 atom stereocenters. The molecule has 1 aliphatic carbocycles. The van der Waals surface area contributed by atoms with Gasteiger partial charge in [0, 0.05) is 6.54 Å². The number of aliphatic hydroxyl groups is 1. The van der Waals surface area contributed by atoms with Crippen molar-refractivity contribution in [3.63, 3.8) is 0 Å². The van der Waals surface area contributed by atoms with Crippen LogP contribution in [0.4, 0.5) is 0 Å². The van der Waals surface area contributed by atoms with Crippen LogP contribution in [0.15, 0.2) is 6.33 Å². The molecule has 7 nitrogen and oxygen atoms in total. The lowest BCUT2D eigenvalue weighted by atomic mass is 9.87. The van der Waals surface area contributed by atoms with Crippen LogP contribution in [0.2, 0.25) is 0 Å². The number of hydrogen-bond donors (Lipinski definition) is 4. The second-order valence-corrected chi connectivity index (χ2v) is 4.83. The molecule has 7 heteroatoms. The average Bonchev–Trinajstić information content (AvgIpc) is 2.85. The van der Waals surface area contributed by atoms with Gasteiger partial charge in [0.05, 0.1) is 12.4 Å². The molecule has 0 radical (unpaired) electrons. The fourth-order valence-corrected chi connectivity index (χ4v) is 2.40. The van der Waals surface area contributed by atoms with Crippen LogP contribution in [0.25, 0.3) is 0 Å². The zero-order valence-corrected chi connectivity index (χ0v) is 10.4. The first kappa shape index (κ1) is 13.5. The molecular formula is C12H17N3O4. The molecule has 1 saturated carbocycles. The third-order valence-corrected chi connectivity index (χ3v) is 3.37. The van der Waals surface area contributed by atoms with E-state index in [4.69, 9.17) is 5.11 Å². The van der Waals surface area contributed by atoms with E-state index in [0.717, 1.165) is 19.3 Å². The highest BCUT2D eigenvalue weighted by molar-refractivity contribution is 6.02. The largest absolute Gasteiger partial charge is 0.477 e. The van der Waals surface area contributed by atoms with Gasteiger partial charge in [0.1, 0.15) is 0 Å². The Balaban J connectivity index is 1.90. The third-order valence-electron chi connectivity index (χ3n) is 3.37. The van der Waals surface area contributed by atoms with E-state index >= 15 is 0 Å². The van der Waals surface area contributed by atoms with E-state index in [9.17, 15) is 14.7 Å². The molecule has 104 valence electrons. The summed E-state index contributed by atoms with van der Waals surface area (Å²) in [6, 6.07) is 0. The molecule has 2 rings (SSSR count). The normalized spacial score (nSPS) is 23.0. The summed E-state index contributed by atoms with van der Waals surface area (Å²) in [4.78, 5) is 28.8. The number of carbonyl (C=O) groups excluding carboxylic acids is 1. The Morgan fingerprint density at radius 1 is 1.47 bits per heavy atom. The summed E-state index contributed by atoms with van der Waals surface area (Å²) in [6.07, 6.45) is 4.28. The summed E-state index contributed by atoms with van der Waals surface area (Å²) >= 11 is 0. The Bertz CT molecular complexity index is 471. The number of carboxylic acid groups (broad SMARTS) is 1. The lowest BCUT2D eigenvalue weighted by Crippen LogP contribution is -2.33. The lowest BCUT2D eigenvalue weighted by molar-refractivity contribution is 0.0684. The van der Waals surface area contributed by atoms with Gasteiger partial charge in [-0.1, -0.05) is 6.42 Å². The molecule has 1 aliphatic rings. The van der Waals surface area contributed by atoms with Crippen LogP contribution in [-0.2, 0) is 0 Å². The number of aromatic amines is 1. The fraction of sp³-hybridized carbons (Fsp3) is 0.583. The van der Waals surface area contributed by atoms with Gasteiger partial charge in [0.2, 0.25) is 0 Å². The Hall–Kier alpha value is -1.89. The maximum absolute atomic E-state index is 11.8. The molecule has 0 spiro atoms. The van der Waals surface area contributed by atoms with Gasteiger partial charge in [-0.2, -0.15) is 0 Å². The summed E-state index contributed by atoms with van der Waals surface area (Å²) < 4.78 is 0. The number of nitrogens with zero attached hydrogens (tertiary/aromatic N) is 1. The number of carboxylic acids is 1. The van der Waals surface area contributed by atoms with Crippen molar-refractivity contribution in [2.24, 2.45) is 5.92 Å². The highest BCUT2D eigenvalue weighted by Gasteiger charge is 2.23. The van der Waals surface area contributed by atoms with Crippen LogP contribution >= 0.6 is 0 Å². The van der Waals surface area contributed by atoms with E-state index in [1.807, 2.05) is 0 Å². The first-order valence-corrected chi connectivity index (χ1v) is 6.31. The van der Waals surface area contributed by atoms with Gasteiger partial charge in [0.15, 0.2) is 11.4 Å². The molecular weight excluding hydrogens is 250 g/mol. The molecule has 0 bridgehead atoms. The number of amides is 1. The van der Waals surface area contributed by atoms with Gasteiger partial charge in [-0.3, -0.25) is 4.79 Å². The van der Waals surface area contributed by atoms with Crippen molar-refractivity contribution < 1.29 is 19.8 Å². The van der Waals surface area contributed by atoms with Crippen molar-refractivity contribution in [3.8, 4) is 0 Å². The number of aliphatic hydroxyl groups excluding tert-OH is 1. The Kier molecular flexibility index (Phi) is 4.16. The number of nitrogens with one attached hydrogen (secondary N) is 2. The maximum Gasteiger partial charge on any atom is 0.354 e. The maximum atomic E-state index is 11.8. The Labute approximate surface area is 110 Å². The van der Waals surface area contributed by atoms with Gasteiger partial charge < -0.3 is 20.5 Å². The van der Waals surface area contributed by atoms with Crippen LogP contribution in [-0.4, -0.2) is 44.7 Å². The third kappa shape index (κ3) is 3.31. The second kappa shape index (κ2) is 5.83. The summed E-state index contributed by atoms with van der Waals surface area (Å²) in [5, 5.41) is 21.1. The molecule has 19 heavy (non-hydrogen) atoms. The Morgan fingerprint density at radius 2 is 2.26 bits per heavy atom. The minimum atomic E-state index is -1.21. The standard InChI is InChI=1S/C12H17N3O4/c16-8-3-1-2-7(4-8)5-13-11(17)9-10(12(18)19)15-6-14-9/h6-8,16H,1-5H2,(H,13,17)(H,14,15)(H,18,19). The van der Waals surface area contributed by atoms with Gasteiger partial charge in [-0.15, -0.1) is 0 Å². The van der Waals surface area contributed by atoms with Gasteiger partial charge in [-0.05, 0) is 25.2 Å². The van der Waals surface area contributed by atoms with Crippen LogP contribution in [0, 0.1) is 5.92 Å². The smallest absolute Gasteiger partial charge is 0.354 e. The van der Waals surface area contributed by atoms with Crippen LogP contribution in [0.5, 0.6) is 0 Å². The van der Waals surface area contributed by atoms with Crippen molar-refractivity contribution in [3.05, 3.63) is 17.7 Å². The van der Waals surface area contributed by atoms with E-state index in [2.05, 4.69) is 15.3 Å². The van der Waals surface area contributed by atoms with Crippen molar-refractivity contribution in [2.75, 3.05) is 6.54 Å². The predicted molar refractivity (Wildman–Crippen MR) is 65.8 cm³/mol. The molecule has 0 aliphatic heterocycles. The molecule has 1 aromatic rings. The van der Waals surface area contributed by atoms with Crippen LogP contribution < -0.4 is 5.32 Å². The fourth-order valence-electron chi connectivity index (χ4n) is 2.40. The molecule has 2 unspecified atom stereocenters. The van der Waals surface area contributed by atoms with E-state index in [1.54, 1.807) is 0 Å². The summed E-state index contributed by atoms with van der Waals surface area (Å²) in [5.41, 5.74) is -0.315. The Morgan fingerprint density at radius 3 is 2.95 bits per heavy atom. The molecule has 0 saturated heterocycles. The lowest BCUT2D eigenvalue weighted by Gasteiger charge is -2.25. The zero-order chi connectivity index (χ0) is 13.8. The average molecular weight is 267 g/mol. The summed E-state index contributed by atoms with van der Waals surface area (Å²) in [7, 11) is 0. The molecule has 4 N–H and O–H groups in total. The summed E-state index contributed by atoms with van der Waals surface area (Å²) in [5.74, 6) is -1.48. The number of aromatic carboxylic acids is 1. The molecule has 1 heterocycles. The number of imidazole rings is 1. The molecule has 1 aromatic heterocycles. The monoisotopic (exact) mass is 267 g/mol. The van der Waals surface area contributed by atoms with Gasteiger partial charge in [-0.25, -0.2) is 9.78 Å². The van der Waals surface area contributed by atoms with Crippen LogP contribution in [0.3, 0.4) is 0 Å². The topological polar surface area (TPSA) is 115 Å². The van der Waals surface area contributed by atoms with Crippen molar-refractivity contribution >= 4 is 11.9 Å². The number of hydrogen-bond acceptors (Lipinski definition) is 4. The van der Waals surface area contributed by atoms with E-state index < -0.39 is 11.9 Å². The number of aromatic nitrogens is 2. The minimum absolute atomic E-state index is 0.108. The zero-order valence-electron chi connectivity index (χ0n) is 10.4. The number of H-pyrrole nitrogens is 1. The highest BCUT2D eigenvalue weighted by Crippen LogP contribution is 2.23. The predicted octanol–water partition coefficient (Wildman–Crippen LogP) is 0.389. The number of rotatable bonds is 4. The number of carbonyl (C=O) groups is 2. The van der Waals surface area contributed by atoms with Crippen LogP contribution in [0.1, 0.15) is 46.7 Å². The molecule has 1 fully saturated rings. The molecule has 1 amide bonds. The van der Waals surface area contributed by atoms with E-state index in [-0.39, 0.29) is 23.4 Å². The summed E-state index contributed by atoms with van der Waals surface area (Å²) in [6.45, 7) is 0.432. The minimum Gasteiger partial charge on any atom is -0.477 e. The quantitative estimate of drug-likeness (QED) is 0.630. The van der Waals surface area contributed by atoms with Gasteiger partial charge >= 0.3 is 5.97 Å². The van der Waals surface area contributed by atoms with E-state index in [0.29, 0.717) is 13.0 Å². The van der Waals surface area contributed by atoms with Crippen molar-refractivity contribution in [2.45, 2.75) is 31.8 Å². The van der Waals surface area contributed by atoms with Gasteiger partial charge in [0.25, 0.3) is 5.91 Å². The first-order chi connectivity index (χ1) is 9.08. The highest BCUT2D eigenvalue weighted by atomic mass is 16.4. The van der Waals surface area contributed by atoms with Crippen molar-refractivity contribution in [1.82, 2.24) is 15.3 Å².